The number of benzene rings is 2. The SMILES string of the molecule is O=C(Cc1ccccc1)N1CC2(C1)CN(C(=O)c1ccccc1)CC1CC(O)CN12. The van der Waals surface area contributed by atoms with Crippen LogP contribution in [0.25, 0.3) is 0 Å². The zero-order valence-electron chi connectivity index (χ0n) is 17.0. The number of amides is 2. The molecule has 0 saturated carbocycles. The number of nitrogens with zero attached hydrogens (tertiary/aromatic N) is 3. The smallest absolute Gasteiger partial charge is 0.253 e. The number of carbonyl (C=O) groups is 2. The zero-order chi connectivity index (χ0) is 20.7. The van der Waals surface area contributed by atoms with Crippen LogP contribution < -0.4 is 0 Å². The molecular formula is C24H27N3O3. The molecule has 2 amide bonds. The summed E-state index contributed by atoms with van der Waals surface area (Å²) in [6, 6.07) is 19.3. The van der Waals surface area contributed by atoms with Crippen LogP contribution in [0.1, 0.15) is 22.3 Å². The molecule has 0 bridgehead atoms. The van der Waals surface area contributed by atoms with Gasteiger partial charge in [0.05, 0.1) is 18.1 Å². The highest BCUT2D eigenvalue weighted by atomic mass is 16.3. The van der Waals surface area contributed by atoms with E-state index in [0.717, 1.165) is 5.56 Å². The van der Waals surface area contributed by atoms with Gasteiger partial charge in [-0.3, -0.25) is 14.5 Å². The van der Waals surface area contributed by atoms with Crippen LogP contribution in [0, 0.1) is 0 Å². The van der Waals surface area contributed by atoms with Crippen molar-refractivity contribution < 1.29 is 14.7 Å². The quantitative estimate of drug-likeness (QED) is 0.839. The van der Waals surface area contributed by atoms with Crippen molar-refractivity contribution in [2.24, 2.45) is 0 Å². The molecule has 2 aromatic carbocycles. The number of aliphatic hydroxyl groups excluding tert-OH is 1. The monoisotopic (exact) mass is 405 g/mol. The van der Waals surface area contributed by atoms with Crippen molar-refractivity contribution >= 4 is 11.8 Å². The fourth-order valence-electron chi connectivity index (χ4n) is 5.33. The molecule has 3 heterocycles. The Bertz CT molecular complexity index is 927. The van der Waals surface area contributed by atoms with Crippen LogP contribution >= 0.6 is 0 Å². The van der Waals surface area contributed by atoms with E-state index < -0.39 is 0 Å². The maximum atomic E-state index is 13.1. The number of β-amino-alcohol motifs (C(OH)–C–C–N with tert-alkyl or cyclic N) is 1. The fraction of sp³-hybridized carbons (Fsp3) is 0.417. The standard InChI is InChI=1S/C24H27N3O3/c28-21-12-20-13-25(23(30)19-9-5-2-6-10-19)15-24(27(20)14-21)16-26(17-24)22(29)11-18-7-3-1-4-8-18/h1-10,20-21,28H,11-17H2. The summed E-state index contributed by atoms with van der Waals surface area (Å²) in [6.45, 7) is 3.07. The Morgan fingerprint density at radius 3 is 2.23 bits per heavy atom. The molecule has 156 valence electrons. The van der Waals surface area contributed by atoms with Gasteiger partial charge >= 0.3 is 0 Å². The lowest BCUT2D eigenvalue weighted by molar-refractivity contribution is -0.153. The Morgan fingerprint density at radius 1 is 0.900 bits per heavy atom. The molecule has 6 heteroatoms. The lowest BCUT2D eigenvalue weighted by Crippen LogP contribution is -2.79. The van der Waals surface area contributed by atoms with Gasteiger partial charge in [0.1, 0.15) is 0 Å². The number of hydrogen-bond donors (Lipinski definition) is 1. The molecule has 3 fully saturated rings. The number of likely N-dealkylation sites (tertiary alicyclic amines) is 1. The molecular weight excluding hydrogens is 378 g/mol. The molecule has 3 saturated heterocycles. The largest absolute Gasteiger partial charge is 0.392 e. The van der Waals surface area contributed by atoms with Crippen LogP contribution in [-0.4, -0.2) is 82.0 Å². The molecule has 6 nitrogen and oxygen atoms in total. The number of piperazine rings is 1. The van der Waals surface area contributed by atoms with Gasteiger partial charge in [-0.1, -0.05) is 48.5 Å². The van der Waals surface area contributed by atoms with E-state index in [0.29, 0.717) is 51.1 Å². The first kappa shape index (κ1) is 19.3. The second-order valence-electron chi connectivity index (χ2n) is 8.88. The first-order valence-corrected chi connectivity index (χ1v) is 10.6. The lowest BCUT2D eigenvalue weighted by Gasteiger charge is -2.60. The van der Waals surface area contributed by atoms with Crippen molar-refractivity contribution in [3.05, 3.63) is 71.8 Å². The van der Waals surface area contributed by atoms with Crippen LogP contribution in [0.3, 0.4) is 0 Å². The Kier molecular flexibility index (Phi) is 4.83. The van der Waals surface area contributed by atoms with Gasteiger partial charge in [0, 0.05) is 44.3 Å². The van der Waals surface area contributed by atoms with Gasteiger partial charge in [0.2, 0.25) is 5.91 Å². The lowest BCUT2D eigenvalue weighted by atomic mass is 9.83. The molecule has 3 aliphatic rings. The summed E-state index contributed by atoms with van der Waals surface area (Å²) >= 11 is 0. The minimum atomic E-state index is -0.368. The zero-order valence-corrected chi connectivity index (χ0v) is 17.0. The van der Waals surface area contributed by atoms with E-state index in [1.807, 2.05) is 70.5 Å². The molecule has 3 aliphatic heterocycles. The van der Waals surface area contributed by atoms with Gasteiger partial charge in [-0.2, -0.15) is 0 Å². The second-order valence-corrected chi connectivity index (χ2v) is 8.88. The summed E-state index contributed by atoms with van der Waals surface area (Å²) in [7, 11) is 0. The number of fused-ring (bicyclic) bond motifs is 2. The Hall–Kier alpha value is -2.70. The maximum absolute atomic E-state index is 13.1. The maximum Gasteiger partial charge on any atom is 0.253 e. The van der Waals surface area contributed by atoms with Crippen LogP contribution in [0.5, 0.6) is 0 Å². The Morgan fingerprint density at radius 2 is 1.53 bits per heavy atom. The van der Waals surface area contributed by atoms with Crippen LogP contribution in [0.15, 0.2) is 60.7 Å². The molecule has 0 aliphatic carbocycles. The normalized spacial score (nSPS) is 25.1. The van der Waals surface area contributed by atoms with Crippen LogP contribution in [0.4, 0.5) is 0 Å². The minimum Gasteiger partial charge on any atom is -0.392 e. The van der Waals surface area contributed by atoms with Crippen molar-refractivity contribution in [2.75, 3.05) is 32.7 Å². The average molecular weight is 405 g/mol. The van der Waals surface area contributed by atoms with Gasteiger partial charge in [0.25, 0.3) is 5.91 Å². The van der Waals surface area contributed by atoms with E-state index in [1.54, 1.807) is 0 Å². The molecule has 0 radical (unpaired) electrons. The molecule has 2 unspecified atom stereocenters. The highest BCUT2D eigenvalue weighted by Gasteiger charge is 2.57. The van der Waals surface area contributed by atoms with Crippen molar-refractivity contribution in [2.45, 2.75) is 30.5 Å². The molecule has 2 atom stereocenters. The van der Waals surface area contributed by atoms with E-state index >= 15 is 0 Å². The summed E-state index contributed by atoms with van der Waals surface area (Å²) in [5.41, 5.74) is 1.45. The van der Waals surface area contributed by atoms with Crippen molar-refractivity contribution in [3.8, 4) is 0 Å². The van der Waals surface area contributed by atoms with Gasteiger partial charge in [-0.25, -0.2) is 0 Å². The van der Waals surface area contributed by atoms with E-state index in [-0.39, 0.29) is 29.5 Å². The van der Waals surface area contributed by atoms with E-state index in [2.05, 4.69) is 4.90 Å². The van der Waals surface area contributed by atoms with Gasteiger partial charge in [-0.15, -0.1) is 0 Å². The molecule has 2 aromatic rings. The third-order valence-corrected chi connectivity index (χ3v) is 6.75. The fourth-order valence-corrected chi connectivity index (χ4v) is 5.33. The number of carbonyl (C=O) groups excluding carboxylic acids is 2. The van der Waals surface area contributed by atoms with Crippen molar-refractivity contribution in [1.29, 1.82) is 0 Å². The summed E-state index contributed by atoms with van der Waals surface area (Å²) in [5.74, 6) is 0.153. The van der Waals surface area contributed by atoms with E-state index in [4.69, 9.17) is 0 Å². The highest BCUT2D eigenvalue weighted by molar-refractivity contribution is 5.94. The Labute approximate surface area is 176 Å². The van der Waals surface area contributed by atoms with E-state index in [1.165, 1.54) is 0 Å². The predicted octanol–water partition coefficient (Wildman–Crippen LogP) is 1.40. The minimum absolute atomic E-state index is 0.0325. The van der Waals surface area contributed by atoms with Gasteiger partial charge < -0.3 is 14.9 Å². The first-order chi connectivity index (χ1) is 14.5. The predicted molar refractivity (Wildman–Crippen MR) is 113 cm³/mol. The number of hydrogen-bond acceptors (Lipinski definition) is 4. The average Bonchev–Trinajstić information content (AvgIpc) is 3.12. The summed E-state index contributed by atoms with van der Waals surface area (Å²) < 4.78 is 0. The second kappa shape index (κ2) is 7.52. The molecule has 1 N–H and O–H groups in total. The third-order valence-electron chi connectivity index (χ3n) is 6.75. The summed E-state index contributed by atoms with van der Waals surface area (Å²) in [5, 5.41) is 10.3. The molecule has 30 heavy (non-hydrogen) atoms. The van der Waals surface area contributed by atoms with E-state index in [9.17, 15) is 14.7 Å². The van der Waals surface area contributed by atoms with Crippen molar-refractivity contribution in [1.82, 2.24) is 14.7 Å². The van der Waals surface area contributed by atoms with Crippen molar-refractivity contribution in [3.63, 3.8) is 0 Å². The molecule has 5 rings (SSSR count). The number of rotatable bonds is 3. The van der Waals surface area contributed by atoms with Crippen LogP contribution in [-0.2, 0) is 11.2 Å². The Balaban J connectivity index is 1.32. The topological polar surface area (TPSA) is 64.1 Å². The van der Waals surface area contributed by atoms with Crippen LogP contribution in [0.2, 0.25) is 0 Å². The third kappa shape index (κ3) is 3.40. The van der Waals surface area contributed by atoms with Gasteiger partial charge in [0.15, 0.2) is 0 Å². The molecule has 1 spiro atoms. The first-order valence-electron chi connectivity index (χ1n) is 10.6. The highest BCUT2D eigenvalue weighted by Crippen LogP contribution is 2.39. The molecule has 0 aromatic heterocycles. The summed E-state index contributed by atoms with van der Waals surface area (Å²) in [4.78, 5) is 32.1. The van der Waals surface area contributed by atoms with Gasteiger partial charge in [-0.05, 0) is 24.1 Å². The number of aliphatic hydroxyl groups is 1. The summed E-state index contributed by atoms with van der Waals surface area (Å²) in [6.07, 6.45) is 0.709.